The van der Waals surface area contributed by atoms with Crippen LogP contribution in [0.2, 0.25) is 0 Å². The van der Waals surface area contributed by atoms with Crippen LogP contribution < -0.4 is 5.73 Å². The number of carbonyl (C=O) groups is 1. The molecule has 0 saturated carbocycles. The zero-order valence-corrected chi connectivity index (χ0v) is 14.7. The van der Waals surface area contributed by atoms with E-state index in [4.69, 9.17) is 10.5 Å². The first-order chi connectivity index (χ1) is 12.6. The molecule has 0 amide bonds. The number of ether oxygens (including phenoxy) is 1. The Hall–Kier alpha value is -3.34. The predicted molar refractivity (Wildman–Crippen MR) is 103 cm³/mol. The number of hydrogen-bond acceptors (Lipinski definition) is 4. The average Bonchev–Trinajstić information content (AvgIpc) is 2.99. The number of esters is 1. The van der Waals surface area contributed by atoms with Crippen LogP contribution in [0, 0.1) is 6.92 Å². The highest BCUT2D eigenvalue weighted by atomic mass is 16.5. The number of benzene rings is 2. The van der Waals surface area contributed by atoms with Crippen molar-refractivity contribution in [1.82, 2.24) is 9.61 Å². The third kappa shape index (κ3) is 2.49. The van der Waals surface area contributed by atoms with Crippen LogP contribution >= 0.6 is 0 Å². The van der Waals surface area contributed by atoms with Gasteiger partial charge in [-0.2, -0.15) is 0 Å². The molecule has 2 heterocycles. The number of nitrogen functional groups attached to an aromatic ring is 1. The number of carbonyl (C=O) groups excluding carboxylic acids is 1. The first kappa shape index (κ1) is 16.1. The van der Waals surface area contributed by atoms with Gasteiger partial charge in [0, 0.05) is 10.9 Å². The number of aromatic nitrogens is 2. The van der Waals surface area contributed by atoms with E-state index in [9.17, 15) is 4.79 Å². The van der Waals surface area contributed by atoms with Crippen LogP contribution in [0.1, 0.15) is 22.8 Å². The highest BCUT2D eigenvalue weighted by molar-refractivity contribution is 6.11. The maximum Gasteiger partial charge on any atom is 0.344 e. The molecule has 4 rings (SSSR count). The van der Waals surface area contributed by atoms with Gasteiger partial charge < -0.3 is 10.5 Å². The highest BCUT2D eigenvalue weighted by Gasteiger charge is 2.23. The van der Waals surface area contributed by atoms with E-state index in [1.807, 2.05) is 43.3 Å². The molecule has 0 atom stereocenters. The van der Waals surface area contributed by atoms with E-state index >= 15 is 0 Å². The number of pyridine rings is 1. The van der Waals surface area contributed by atoms with Crippen molar-refractivity contribution in [2.75, 3.05) is 12.3 Å². The lowest BCUT2D eigenvalue weighted by molar-refractivity contribution is 0.0530. The number of nitrogens with two attached hydrogens (primary N) is 1. The number of hydrogen-bond donors (Lipinski definition) is 1. The third-order valence-corrected chi connectivity index (χ3v) is 4.45. The van der Waals surface area contributed by atoms with E-state index in [0.29, 0.717) is 11.1 Å². The van der Waals surface area contributed by atoms with Gasteiger partial charge in [-0.15, -0.1) is 5.10 Å². The highest BCUT2D eigenvalue weighted by Crippen LogP contribution is 2.33. The quantitative estimate of drug-likeness (QED) is 0.564. The molecule has 0 saturated heterocycles. The fourth-order valence-electron chi connectivity index (χ4n) is 3.29. The lowest BCUT2D eigenvalue weighted by Gasteiger charge is -2.10. The van der Waals surface area contributed by atoms with Crippen molar-refractivity contribution >= 4 is 28.1 Å². The van der Waals surface area contributed by atoms with Crippen LogP contribution in [0.4, 0.5) is 5.82 Å². The Morgan fingerprint density at radius 1 is 1.15 bits per heavy atom. The lowest BCUT2D eigenvalue weighted by Crippen LogP contribution is -2.07. The van der Waals surface area contributed by atoms with Gasteiger partial charge in [0.05, 0.1) is 17.8 Å². The number of nitrogens with zero attached hydrogens (tertiary/aromatic N) is 2. The summed E-state index contributed by atoms with van der Waals surface area (Å²) in [5.74, 6) is -0.275. The number of rotatable bonds is 3. The monoisotopic (exact) mass is 345 g/mol. The molecular weight excluding hydrogens is 326 g/mol. The Kier molecular flexibility index (Phi) is 3.84. The molecule has 0 bridgehead atoms. The molecule has 2 aromatic carbocycles. The van der Waals surface area contributed by atoms with Gasteiger partial charge in [-0.3, -0.25) is 0 Å². The van der Waals surface area contributed by atoms with Crippen LogP contribution in [-0.4, -0.2) is 22.2 Å². The molecular formula is C21H19N3O2. The van der Waals surface area contributed by atoms with Gasteiger partial charge in [0.25, 0.3) is 0 Å². The van der Waals surface area contributed by atoms with Crippen molar-refractivity contribution in [3.8, 4) is 11.3 Å². The fourth-order valence-corrected chi connectivity index (χ4v) is 3.29. The summed E-state index contributed by atoms with van der Waals surface area (Å²) in [7, 11) is 0. The summed E-state index contributed by atoms with van der Waals surface area (Å²) in [4.78, 5) is 12.6. The first-order valence-corrected chi connectivity index (χ1v) is 8.54. The Balaban J connectivity index is 2.16. The minimum absolute atomic E-state index is 0.176. The van der Waals surface area contributed by atoms with E-state index in [1.54, 1.807) is 11.4 Å². The second-order valence-corrected chi connectivity index (χ2v) is 6.23. The van der Waals surface area contributed by atoms with E-state index in [2.05, 4.69) is 23.3 Å². The van der Waals surface area contributed by atoms with Crippen LogP contribution in [-0.2, 0) is 4.74 Å². The Labute approximate surface area is 151 Å². The molecule has 0 radical (unpaired) electrons. The number of fused-ring (bicyclic) bond motifs is 3. The second-order valence-electron chi connectivity index (χ2n) is 6.23. The van der Waals surface area contributed by atoms with Crippen molar-refractivity contribution < 1.29 is 9.53 Å². The Morgan fingerprint density at radius 2 is 1.92 bits per heavy atom. The zero-order chi connectivity index (χ0) is 18.3. The predicted octanol–water partition coefficient (Wildman–Crippen LogP) is 4.22. The molecule has 5 nitrogen and oxygen atoms in total. The largest absolute Gasteiger partial charge is 0.462 e. The van der Waals surface area contributed by atoms with Gasteiger partial charge in [-0.25, -0.2) is 9.31 Å². The Bertz CT molecular complexity index is 1130. The van der Waals surface area contributed by atoms with Gasteiger partial charge in [-0.05, 0) is 31.4 Å². The molecule has 4 aromatic rings. The standard InChI is InChI=1S/C21H19N3O2/c1-3-26-21(25)18-19-16-11-13(2)9-10-15(16)12-17(24(19)23-20(18)22)14-7-5-4-6-8-14/h4-12H,3H2,1-2H3,(H2,22,23). The molecule has 130 valence electrons. The van der Waals surface area contributed by atoms with Crippen LogP contribution in [0.5, 0.6) is 0 Å². The van der Waals surface area contributed by atoms with Gasteiger partial charge in [0.2, 0.25) is 0 Å². The Morgan fingerprint density at radius 3 is 2.65 bits per heavy atom. The van der Waals surface area contributed by atoms with Gasteiger partial charge in [0.1, 0.15) is 5.56 Å². The molecule has 5 heteroatoms. The summed E-state index contributed by atoms with van der Waals surface area (Å²) in [5, 5.41) is 6.41. The molecule has 0 fully saturated rings. The second kappa shape index (κ2) is 6.19. The first-order valence-electron chi connectivity index (χ1n) is 8.54. The zero-order valence-electron chi connectivity index (χ0n) is 14.7. The van der Waals surface area contributed by atoms with E-state index in [1.165, 1.54) is 0 Å². The summed E-state index contributed by atoms with van der Waals surface area (Å²) in [6, 6.07) is 18.1. The van der Waals surface area contributed by atoms with Gasteiger partial charge in [0.15, 0.2) is 5.82 Å². The third-order valence-electron chi connectivity index (χ3n) is 4.45. The molecule has 2 aromatic heterocycles. The lowest BCUT2D eigenvalue weighted by atomic mass is 10.0. The maximum absolute atomic E-state index is 12.6. The van der Waals surface area contributed by atoms with Crippen molar-refractivity contribution in [2.45, 2.75) is 13.8 Å². The van der Waals surface area contributed by atoms with Gasteiger partial charge >= 0.3 is 5.97 Å². The molecule has 0 aliphatic heterocycles. The van der Waals surface area contributed by atoms with Crippen molar-refractivity contribution in [3.63, 3.8) is 0 Å². The van der Waals surface area contributed by atoms with Gasteiger partial charge in [-0.1, -0.05) is 48.0 Å². The number of aryl methyl sites for hydroxylation is 1. The van der Waals surface area contributed by atoms with Crippen molar-refractivity contribution in [3.05, 3.63) is 65.7 Å². The summed E-state index contributed by atoms with van der Waals surface area (Å²) in [6.45, 7) is 4.08. The normalized spacial score (nSPS) is 11.2. The van der Waals surface area contributed by atoms with Crippen LogP contribution in [0.25, 0.3) is 27.5 Å². The van der Waals surface area contributed by atoms with Crippen LogP contribution in [0.15, 0.2) is 54.6 Å². The SMILES string of the molecule is CCOC(=O)c1c(N)nn2c(-c3ccccc3)cc3ccc(C)cc3c12. The van der Waals surface area contributed by atoms with Crippen molar-refractivity contribution in [1.29, 1.82) is 0 Å². The molecule has 0 unspecified atom stereocenters. The van der Waals surface area contributed by atoms with E-state index < -0.39 is 5.97 Å². The summed E-state index contributed by atoms with van der Waals surface area (Å²) in [5.41, 5.74) is 10.1. The minimum atomic E-state index is -0.451. The molecule has 26 heavy (non-hydrogen) atoms. The smallest absolute Gasteiger partial charge is 0.344 e. The van der Waals surface area contributed by atoms with E-state index in [-0.39, 0.29) is 12.4 Å². The fraction of sp³-hybridized carbons (Fsp3) is 0.143. The summed E-state index contributed by atoms with van der Waals surface area (Å²) < 4.78 is 6.98. The molecule has 0 aliphatic carbocycles. The van der Waals surface area contributed by atoms with E-state index in [0.717, 1.165) is 27.6 Å². The molecule has 0 spiro atoms. The maximum atomic E-state index is 12.6. The number of anilines is 1. The topological polar surface area (TPSA) is 69.6 Å². The minimum Gasteiger partial charge on any atom is -0.462 e. The van der Waals surface area contributed by atoms with Crippen molar-refractivity contribution in [2.24, 2.45) is 0 Å². The molecule has 0 aliphatic rings. The summed E-state index contributed by atoms with van der Waals surface area (Å²) in [6.07, 6.45) is 0. The van der Waals surface area contributed by atoms with Crippen LogP contribution in [0.3, 0.4) is 0 Å². The average molecular weight is 345 g/mol. The molecule has 2 N–H and O–H groups in total. The summed E-state index contributed by atoms with van der Waals surface area (Å²) >= 11 is 0.